The number of nitriles is 1. The second-order valence-corrected chi connectivity index (χ2v) is 6.56. The number of nitrogens with one attached hydrogen (secondary N) is 1. The Kier molecular flexibility index (Phi) is 4.73. The third-order valence-electron chi connectivity index (χ3n) is 3.03. The molecule has 0 amide bonds. The van der Waals surface area contributed by atoms with Crippen molar-refractivity contribution < 1.29 is 8.42 Å². The zero-order valence-electron chi connectivity index (χ0n) is 11.7. The first-order valence-electron chi connectivity index (χ1n) is 6.58. The van der Waals surface area contributed by atoms with Gasteiger partial charge in [0, 0.05) is 6.04 Å². The quantitative estimate of drug-likeness (QED) is 0.922. The highest BCUT2D eigenvalue weighted by molar-refractivity contribution is 7.89. The third-order valence-corrected chi connectivity index (χ3v) is 4.64. The molecule has 108 valence electrons. The molecule has 2 aromatic rings. The number of hydrogen-bond acceptors (Lipinski definition) is 3. The van der Waals surface area contributed by atoms with E-state index in [4.69, 9.17) is 5.26 Å². The van der Waals surface area contributed by atoms with E-state index in [-0.39, 0.29) is 10.9 Å². The minimum Gasteiger partial charge on any atom is -0.208 e. The fraction of sp³-hybridized carbons (Fsp3) is 0.188. The highest BCUT2D eigenvalue weighted by Crippen LogP contribution is 2.12. The largest absolute Gasteiger partial charge is 0.240 e. The summed E-state index contributed by atoms with van der Waals surface area (Å²) in [4.78, 5) is 0.168. The molecule has 1 unspecified atom stereocenters. The van der Waals surface area contributed by atoms with Crippen LogP contribution < -0.4 is 4.72 Å². The monoisotopic (exact) mass is 300 g/mol. The van der Waals surface area contributed by atoms with Gasteiger partial charge in [0.15, 0.2) is 0 Å². The van der Waals surface area contributed by atoms with E-state index in [2.05, 4.69) is 4.72 Å². The Bertz CT molecular complexity index is 732. The molecular formula is C16H16N2O2S. The average Bonchev–Trinajstić information content (AvgIpc) is 2.47. The lowest BCUT2D eigenvalue weighted by Crippen LogP contribution is -2.34. The summed E-state index contributed by atoms with van der Waals surface area (Å²) in [6.45, 7) is 1.83. The van der Waals surface area contributed by atoms with Crippen LogP contribution in [0.25, 0.3) is 0 Å². The molecule has 0 bridgehead atoms. The Labute approximate surface area is 125 Å². The molecule has 4 nitrogen and oxygen atoms in total. The SMILES string of the molecule is CC(Cc1ccccc1)NS(=O)(=O)c1ccc(C#N)cc1. The average molecular weight is 300 g/mol. The lowest BCUT2D eigenvalue weighted by atomic mass is 10.1. The van der Waals surface area contributed by atoms with Crippen molar-refractivity contribution in [2.24, 2.45) is 0 Å². The summed E-state index contributed by atoms with van der Waals surface area (Å²) in [5.74, 6) is 0. The molecule has 21 heavy (non-hydrogen) atoms. The first-order chi connectivity index (χ1) is 10.0. The van der Waals surface area contributed by atoms with Gasteiger partial charge < -0.3 is 0 Å². The van der Waals surface area contributed by atoms with E-state index in [1.54, 1.807) is 0 Å². The van der Waals surface area contributed by atoms with Crippen LogP contribution >= 0.6 is 0 Å². The van der Waals surface area contributed by atoms with Crippen LogP contribution in [0.1, 0.15) is 18.1 Å². The molecule has 0 aliphatic carbocycles. The summed E-state index contributed by atoms with van der Waals surface area (Å²) < 4.78 is 27.1. The van der Waals surface area contributed by atoms with Crippen LogP contribution in [-0.2, 0) is 16.4 Å². The van der Waals surface area contributed by atoms with Crippen LogP contribution in [0, 0.1) is 11.3 Å². The molecule has 1 N–H and O–H groups in total. The summed E-state index contributed by atoms with van der Waals surface area (Å²) in [5.41, 5.74) is 1.51. The van der Waals surface area contributed by atoms with Crippen molar-refractivity contribution in [2.75, 3.05) is 0 Å². The molecule has 0 saturated heterocycles. The predicted octanol–water partition coefficient (Wildman–Crippen LogP) is 2.47. The molecule has 5 heteroatoms. The first-order valence-corrected chi connectivity index (χ1v) is 8.06. The van der Waals surface area contributed by atoms with Gasteiger partial charge >= 0.3 is 0 Å². The molecule has 0 aromatic heterocycles. The van der Waals surface area contributed by atoms with Gasteiger partial charge in [0.2, 0.25) is 10.0 Å². The molecule has 2 aromatic carbocycles. The van der Waals surface area contributed by atoms with Crippen molar-refractivity contribution in [3.63, 3.8) is 0 Å². The third kappa shape index (κ3) is 4.15. The molecular weight excluding hydrogens is 284 g/mol. The van der Waals surface area contributed by atoms with Gasteiger partial charge in [-0.15, -0.1) is 0 Å². The van der Waals surface area contributed by atoms with Crippen molar-refractivity contribution in [3.05, 3.63) is 65.7 Å². The number of rotatable bonds is 5. The van der Waals surface area contributed by atoms with Gasteiger partial charge in [-0.1, -0.05) is 30.3 Å². The van der Waals surface area contributed by atoms with Gasteiger partial charge in [-0.25, -0.2) is 13.1 Å². The topological polar surface area (TPSA) is 70.0 Å². The Morgan fingerprint density at radius 3 is 2.29 bits per heavy atom. The summed E-state index contributed by atoms with van der Waals surface area (Å²) in [5, 5.41) is 8.73. The van der Waals surface area contributed by atoms with Crippen molar-refractivity contribution in [3.8, 4) is 6.07 Å². The Morgan fingerprint density at radius 1 is 1.10 bits per heavy atom. The normalized spacial score (nSPS) is 12.6. The van der Waals surface area contributed by atoms with E-state index in [9.17, 15) is 8.42 Å². The smallest absolute Gasteiger partial charge is 0.208 e. The van der Waals surface area contributed by atoms with Crippen LogP contribution in [0.3, 0.4) is 0 Å². The second-order valence-electron chi connectivity index (χ2n) is 4.85. The standard InChI is InChI=1S/C16H16N2O2S/c1-13(11-14-5-3-2-4-6-14)18-21(19,20)16-9-7-15(12-17)8-10-16/h2-10,13,18H,11H2,1H3. The summed E-state index contributed by atoms with van der Waals surface area (Å²) in [7, 11) is -3.56. The van der Waals surface area contributed by atoms with Crippen LogP contribution in [0.5, 0.6) is 0 Å². The zero-order valence-corrected chi connectivity index (χ0v) is 12.5. The van der Waals surface area contributed by atoms with Gasteiger partial charge in [0.05, 0.1) is 16.5 Å². The molecule has 0 radical (unpaired) electrons. The fourth-order valence-corrected chi connectivity index (χ4v) is 3.29. The van der Waals surface area contributed by atoms with Crippen molar-refractivity contribution in [2.45, 2.75) is 24.3 Å². The maximum absolute atomic E-state index is 12.2. The number of nitrogens with zero attached hydrogens (tertiary/aromatic N) is 1. The van der Waals surface area contributed by atoms with E-state index in [0.717, 1.165) is 5.56 Å². The lowest BCUT2D eigenvalue weighted by molar-refractivity contribution is 0.560. The maximum atomic E-state index is 12.2. The van der Waals surface area contributed by atoms with Crippen LogP contribution in [0.2, 0.25) is 0 Å². The predicted molar refractivity (Wildman–Crippen MR) is 81.1 cm³/mol. The van der Waals surface area contributed by atoms with Gasteiger partial charge in [0.1, 0.15) is 0 Å². The minimum atomic E-state index is -3.56. The van der Waals surface area contributed by atoms with E-state index in [1.165, 1.54) is 24.3 Å². The highest BCUT2D eigenvalue weighted by atomic mass is 32.2. The molecule has 0 saturated carbocycles. The van der Waals surface area contributed by atoms with Crippen molar-refractivity contribution >= 4 is 10.0 Å². The molecule has 2 rings (SSSR count). The van der Waals surface area contributed by atoms with Gasteiger partial charge in [-0.3, -0.25) is 0 Å². The Hall–Kier alpha value is -2.16. The Balaban J connectivity index is 2.08. The summed E-state index contributed by atoms with van der Waals surface area (Å²) in [6, 6.07) is 17.3. The summed E-state index contributed by atoms with van der Waals surface area (Å²) in [6.07, 6.45) is 0.621. The summed E-state index contributed by atoms with van der Waals surface area (Å²) >= 11 is 0. The Morgan fingerprint density at radius 2 is 1.71 bits per heavy atom. The number of hydrogen-bond donors (Lipinski definition) is 1. The van der Waals surface area contributed by atoms with E-state index in [0.29, 0.717) is 12.0 Å². The van der Waals surface area contributed by atoms with E-state index >= 15 is 0 Å². The fourth-order valence-electron chi connectivity index (χ4n) is 2.05. The zero-order chi connectivity index (χ0) is 15.3. The first kappa shape index (κ1) is 15.2. The molecule has 0 spiro atoms. The van der Waals surface area contributed by atoms with Crippen LogP contribution in [0.15, 0.2) is 59.5 Å². The van der Waals surface area contributed by atoms with Gasteiger partial charge in [0.25, 0.3) is 0 Å². The number of benzene rings is 2. The van der Waals surface area contributed by atoms with Crippen molar-refractivity contribution in [1.82, 2.24) is 4.72 Å². The molecule has 0 heterocycles. The van der Waals surface area contributed by atoms with E-state index < -0.39 is 10.0 Å². The van der Waals surface area contributed by atoms with Crippen LogP contribution in [-0.4, -0.2) is 14.5 Å². The van der Waals surface area contributed by atoms with Crippen LogP contribution in [0.4, 0.5) is 0 Å². The molecule has 0 fully saturated rings. The number of sulfonamides is 1. The highest BCUT2D eigenvalue weighted by Gasteiger charge is 2.17. The van der Waals surface area contributed by atoms with Crippen molar-refractivity contribution in [1.29, 1.82) is 5.26 Å². The maximum Gasteiger partial charge on any atom is 0.240 e. The molecule has 0 aliphatic rings. The lowest BCUT2D eigenvalue weighted by Gasteiger charge is -2.14. The second kappa shape index (κ2) is 6.53. The minimum absolute atomic E-state index is 0.168. The molecule has 0 aliphatic heterocycles. The molecule has 1 atom stereocenters. The van der Waals surface area contributed by atoms with E-state index in [1.807, 2.05) is 43.3 Å². The van der Waals surface area contributed by atoms with Gasteiger partial charge in [-0.2, -0.15) is 5.26 Å². The van der Waals surface area contributed by atoms with Gasteiger partial charge in [-0.05, 0) is 43.2 Å².